The molecular weight excluding hydrogens is 490 g/mol. The van der Waals surface area contributed by atoms with E-state index in [2.05, 4.69) is 0 Å². The van der Waals surface area contributed by atoms with Crippen LogP contribution in [0.1, 0.15) is 28.7 Å². The van der Waals surface area contributed by atoms with E-state index in [1.165, 1.54) is 0 Å². The molecule has 1 fully saturated rings. The van der Waals surface area contributed by atoms with Crippen LogP contribution in [0, 0.1) is 20.8 Å². The first-order valence-electron chi connectivity index (χ1n) is 11.6. The number of hydrogen-bond donors (Lipinski definition) is 4. The molecule has 1 aliphatic rings. The highest BCUT2D eigenvalue weighted by Gasteiger charge is 2.45. The second-order valence-corrected chi connectivity index (χ2v) is 10.6. The van der Waals surface area contributed by atoms with E-state index in [9.17, 15) is 33.6 Å². The lowest BCUT2D eigenvalue weighted by atomic mass is 9.98. The highest BCUT2D eigenvalue weighted by molar-refractivity contribution is 7.86. The molecular formula is C25H33NO9S. The van der Waals surface area contributed by atoms with Gasteiger partial charge in [-0.25, -0.2) is 4.79 Å². The monoisotopic (exact) mass is 523 g/mol. The van der Waals surface area contributed by atoms with Gasteiger partial charge in [-0.1, -0.05) is 48.0 Å². The Balaban J connectivity index is 1.64. The molecule has 198 valence electrons. The molecule has 0 unspecified atom stereocenters. The quantitative estimate of drug-likeness (QED) is 0.355. The molecule has 0 aromatic heterocycles. The van der Waals surface area contributed by atoms with Gasteiger partial charge in [0, 0.05) is 6.54 Å². The third kappa shape index (κ3) is 6.41. The lowest BCUT2D eigenvalue weighted by Crippen LogP contribution is -2.55. The summed E-state index contributed by atoms with van der Waals surface area (Å²) in [6, 6.07) is 11.0. The molecule has 3 rings (SSSR count). The minimum atomic E-state index is -4.27. The summed E-state index contributed by atoms with van der Waals surface area (Å²) < 4.78 is 35.7. The SMILES string of the molecule is Cc1cc(C)c(S(=O)(=O)OC[C@@H](O)[C@@H](O)[C@H](O)[C@H]2[C@H](O)CCN2C(=O)OCc2ccccc2)c(C)c1. The van der Waals surface area contributed by atoms with Crippen LogP contribution in [0.4, 0.5) is 4.79 Å². The standard InChI is InChI=1S/C25H33NO9S/c1-15-11-16(2)24(17(3)12-15)36(32,33)35-14-20(28)22(29)23(30)21-19(27)9-10-26(21)25(31)34-13-18-7-5-4-6-8-18/h4-8,11-12,19-23,27-30H,9-10,13-14H2,1-3H3/t19-,20-,21-,22-,23-/m1/s1. The summed E-state index contributed by atoms with van der Waals surface area (Å²) in [5.74, 6) is 0. The fourth-order valence-electron chi connectivity index (χ4n) is 4.53. The van der Waals surface area contributed by atoms with Gasteiger partial charge < -0.3 is 25.2 Å². The zero-order valence-electron chi connectivity index (χ0n) is 20.4. The average molecular weight is 524 g/mol. The van der Waals surface area contributed by atoms with E-state index < -0.39 is 53.3 Å². The Hall–Kier alpha value is -2.54. The average Bonchev–Trinajstić information content (AvgIpc) is 3.21. The third-order valence-electron chi connectivity index (χ3n) is 6.20. The number of amides is 1. The van der Waals surface area contributed by atoms with Gasteiger partial charge in [0.05, 0.1) is 23.6 Å². The van der Waals surface area contributed by atoms with Crippen molar-refractivity contribution in [2.45, 2.75) is 69.2 Å². The van der Waals surface area contributed by atoms with E-state index in [1.807, 2.05) is 13.0 Å². The Labute approximate surface area is 210 Å². The maximum Gasteiger partial charge on any atom is 0.410 e. The predicted octanol–water partition coefficient (Wildman–Crippen LogP) is 1.17. The first-order chi connectivity index (χ1) is 16.9. The lowest BCUT2D eigenvalue weighted by molar-refractivity contribution is -0.105. The fraction of sp³-hybridized carbons (Fsp3) is 0.480. The van der Waals surface area contributed by atoms with Gasteiger partial charge in [0.2, 0.25) is 0 Å². The minimum absolute atomic E-state index is 0.0240. The number of rotatable bonds is 9. The van der Waals surface area contributed by atoms with E-state index in [0.29, 0.717) is 11.1 Å². The molecule has 11 heteroatoms. The number of carbonyl (C=O) groups is 1. The van der Waals surface area contributed by atoms with Gasteiger partial charge in [-0.3, -0.25) is 9.08 Å². The van der Waals surface area contributed by atoms with Gasteiger partial charge in [-0.15, -0.1) is 0 Å². The number of hydrogen-bond acceptors (Lipinski definition) is 9. The first-order valence-corrected chi connectivity index (χ1v) is 13.0. The third-order valence-corrected chi connectivity index (χ3v) is 7.79. The van der Waals surface area contributed by atoms with E-state index in [0.717, 1.165) is 16.0 Å². The zero-order valence-corrected chi connectivity index (χ0v) is 21.3. The number of carbonyl (C=O) groups excluding carboxylic acids is 1. The minimum Gasteiger partial charge on any atom is -0.445 e. The van der Waals surface area contributed by atoms with Crippen LogP contribution >= 0.6 is 0 Å². The molecule has 2 aromatic rings. The van der Waals surface area contributed by atoms with Crippen LogP contribution in [0.2, 0.25) is 0 Å². The Morgan fingerprint density at radius 2 is 1.69 bits per heavy atom. The normalized spacial score (nSPS) is 20.7. The first kappa shape index (κ1) is 28.0. The van der Waals surface area contributed by atoms with Crippen LogP contribution in [0.5, 0.6) is 0 Å². The van der Waals surface area contributed by atoms with Crippen molar-refractivity contribution < 1.29 is 42.6 Å². The molecule has 0 spiro atoms. The summed E-state index contributed by atoms with van der Waals surface area (Å²) in [4.78, 5) is 13.7. The molecule has 2 aromatic carbocycles. The molecule has 36 heavy (non-hydrogen) atoms. The summed E-state index contributed by atoms with van der Waals surface area (Å²) in [6.45, 7) is 4.28. The maximum atomic E-state index is 12.7. The van der Waals surface area contributed by atoms with Crippen LogP contribution in [0.15, 0.2) is 47.4 Å². The second kappa shape index (κ2) is 11.7. The predicted molar refractivity (Wildman–Crippen MR) is 130 cm³/mol. The highest BCUT2D eigenvalue weighted by Crippen LogP contribution is 2.26. The largest absolute Gasteiger partial charge is 0.445 e. The van der Waals surface area contributed by atoms with Crippen LogP contribution in [-0.2, 0) is 25.6 Å². The van der Waals surface area contributed by atoms with E-state index in [4.69, 9.17) is 8.92 Å². The van der Waals surface area contributed by atoms with E-state index in [-0.39, 0.29) is 24.5 Å². The molecule has 4 N–H and O–H groups in total. The molecule has 0 saturated carbocycles. The van der Waals surface area contributed by atoms with Gasteiger partial charge in [-0.05, 0) is 43.9 Å². The second-order valence-electron chi connectivity index (χ2n) is 9.10. The Bertz CT molecular complexity index is 1130. The summed E-state index contributed by atoms with van der Waals surface area (Å²) in [5.41, 5.74) is 2.57. The maximum absolute atomic E-state index is 12.7. The number of aliphatic hydroxyl groups excluding tert-OH is 4. The number of nitrogens with zero attached hydrogens (tertiary/aromatic N) is 1. The topological polar surface area (TPSA) is 154 Å². The lowest BCUT2D eigenvalue weighted by Gasteiger charge is -2.33. The van der Waals surface area contributed by atoms with Crippen LogP contribution < -0.4 is 0 Å². The molecule has 0 radical (unpaired) electrons. The number of aliphatic hydroxyl groups is 4. The van der Waals surface area contributed by atoms with Gasteiger partial charge in [0.1, 0.15) is 24.9 Å². The van der Waals surface area contributed by atoms with Crippen LogP contribution in [0.25, 0.3) is 0 Å². The molecule has 1 saturated heterocycles. The van der Waals surface area contributed by atoms with E-state index in [1.54, 1.807) is 50.2 Å². The molecule has 5 atom stereocenters. The van der Waals surface area contributed by atoms with Crippen molar-refractivity contribution in [2.24, 2.45) is 0 Å². The fourth-order valence-corrected chi connectivity index (χ4v) is 5.88. The smallest absolute Gasteiger partial charge is 0.410 e. The molecule has 0 aliphatic carbocycles. The van der Waals surface area contributed by atoms with Crippen LogP contribution in [-0.4, -0.2) is 83.4 Å². The van der Waals surface area contributed by atoms with Crippen molar-refractivity contribution in [3.8, 4) is 0 Å². The van der Waals surface area contributed by atoms with Crippen molar-refractivity contribution in [3.05, 3.63) is 64.7 Å². The number of likely N-dealkylation sites (tertiary alicyclic amines) is 1. The molecule has 1 amide bonds. The Kier molecular flexibility index (Phi) is 9.09. The summed E-state index contributed by atoms with van der Waals surface area (Å²) >= 11 is 0. The molecule has 0 bridgehead atoms. The van der Waals surface area contributed by atoms with Crippen molar-refractivity contribution in [1.29, 1.82) is 0 Å². The zero-order chi connectivity index (χ0) is 26.6. The summed E-state index contributed by atoms with van der Waals surface area (Å²) in [7, 11) is -4.27. The summed E-state index contributed by atoms with van der Waals surface area (Å²) in [5, 5.41) is 42.0. The van der Waals surface area contributed by atoms with E-state index >= 15 is 0 Å². The Morgan fingerprint density at radius 3 is 2.31 bits per heavy atom. The van der Waals surface area contributed by atoms with Crippen molar-refractivity contribution in [3.63, 3.8) is 0 Å². The van der Waals surface area contributed by atoms with Gasteiger partial charge in [-0.2, -0.15) is 8.42 Å². The van der Waals surface area contributed by atoms with Crippen molar-refractivity contribution in [1.82, 2.24) is 4.90 Å². The van der Waals surface area contributed by atoms with Crippen molar-refractivity contribution >= 4 is 16.2 Å². The van der Waals surface area contributed by atoms with Crippen molar-refractivity contribution in [2.75, 3.05) is 13.2 Å². The van der Waals surface area contributed by atoms with Crippen LogP contribution in [0.3, 0.4) is 0 Å². The molecule has 10 nitrogen and oxygen atoms in total. The summed E-state index contributed by atoms with van der Waals surface area (Å²) in [6.07, 6.45) is -7.39. The number of benzene rings is 2. The molecule has 1 aliphatic heterocycles. The Morgan fingerprint density at radius 1 is 1.08 bits per heavy atom. The molecule has 1 heterocycles. The van der Waals surface area contributed by atoms with Gasteiger partial charge >= 0.3 is 6.09 Å². The number of ether oxygens (including phenoxy) is 1. The number of aryl methyl sites for hydroxylation is 3. The van der Waals surface area contributed by atoms with Gasteiger partial charge in [0.15, 0.2) is 0 Å². The van der Waals surface area contributed by atoms with Gasteiger partial charge in [0.25, 0.3) is 10.1 Å². The highest BCUT2D eigenvalue weighted by atomic mass is 32.2.